The number of aliphatic carboxylic acids is 1. The van der Waals surface area contributed by atoms with E-state index in [1.165, 1.54) is 0 Å². The molecule has 0 aromatic heterocycles. The molecule has 0 saturated carbocycles. The van der Waals surface area contributed by atoms with Crippen LogP contribution < -0.4 is 11.1 Å². The van der Waals surface area contributed by atoms with E-state index >= 15 is 0 Å². The van der Waals surface area contributed by atoms with Gasteiger partial charge in [-0.1, -0.05) is 40.0 Å². The SMILES string of the molecule is CCCC[C@H](NC(=O)[C@@H](N)C(C)CC)C(=O)O. The maximum absolute atomic E-state index is 11.7. The Balaban J connectivity index is 4.34. The van der Waals surface area contributed by atoms with Gasteiger partial charge in [-0.05, 0) is 12.3 Å². The Hall–Kier alpha value is -1.10. The number of hydrogen-bond acceptors (Lipinski definition) is 3. The predicted octanol–water partition coefficient (Wildman–Crippen LogP) is 1.12. The molecule has 0 saturated heterocycles. The first-order valence-corrected chi connectivity index (χ1v) is 6.22. The lowest BCUT2D eigenvalue weighted by Gasteiger charge is -2.21. The van der Waals surface area contributed by atoms with Gasteiger partial charge in [-0.2, -0.15) is 0 Å². The summed E-state index contributed by atoms with van der Waals surface area (Å²) in [6.45, 7) is 5.81. The van der Waals surface area contributed by atoms with Gasteiger partial charge in [0.1, 0.15) is 6.04 Å². The van der Waals surface area contributed by atoms with E-state index in [2.05, 4.69) is 5.32 Å². The van der Waals surface area contributed by atoms with Crippen LogP contribution in [0.15, 0.2) is 0 Å². The molecule has 17 heavy (non-hydrogen) atoms. The van der Waals surface area contributed by atoms with Gasteiger partial charge in [0.15, 0.2) is 0 Å². The van der Waals surface area contributed by atoms with Crippen molar-refractivity contribution in [3.05, 3.63) is 0 Å². The second-order valence-corrected chi connectivity index (χ2v) is 4.45. The molecule has 1 unspecified atom stereocenters. The highest BCUT2D eigenvalue weighted by molar-refractivity contribution is 5.86. The van der Waals surface area contributed by atoms with E-state index in [1.807, 2.05) is 20.8 Å². The van der Waals surface area contributed by atoms with Crippen molar-refractivity contribution >= 4 is 11.9 Å². The molecule has 0 aromatic rings. The van der Waals surface area contributed by atoms with Gasteiger partial charge >= 0.3 is 5.97 Å². The lowest BCUT2D eigenvalue weighted by Crippen LogP contribution is -2.50. The predicted molar refractivity (Wildman–Crippen MR) is 66.5 cm³/mol. The molecule has 3 atom stereocenters. The van der Waals surface area contributed by atoms with E-state index in [0.29, 0.717) is 6.42 Å². The van der Waals surface area contributed by atoms with Gasteiger partial charge in [0.2, 0.25) is 5.91 Å². The Bertz CT molecular complexity index is 256. The summed E-state index contributed by atoms with van der Waals surface area (Å²) in [5, 5.41) is 11.5. The van der Waals surface area contributed by atoms with E-state index in [1.54, 1.807) is 0 Å². The highest BCUT2D eigenvalue weighted by atomic mass is 16.4. The van der Waals surface area contributed by atoms with Crippen molar-refractivity contribution < 1.29 is 14.7 Å². The van der Waals surface area contributed by atoms with Crippen LogP contribution in [-0.4, -0.2) is 29.1 Å². The van der Waals surface area contributed by atoms with Crippen molar-refractivity contribution in [1.82, 2.24) is 5.32 Å². The van der Waals surface area contributed by atoms with Crippen LogP contribution >= 0.6 is 0 Å². The Labute approximate surface area is 103 Å². The van der Waals surface area contributed by atoms with Gasteiger partial charge in [0.25, 0.3) is 0 Å². The Morgan fingerprint density at radius 3 is 2.35 bits per heavy atom. The fourth-order valence-corrected chi connectivity index (χ4v) is 1.45. The van der Waals surface area contributed by atoms with E-state index in [-0.39, 0.29) is 11.8 Å². The lowest BCUT2D eigenvalue weighted by molar-refractivity contribution is -0.142. The molecule has 5 nitrogen and oxygen atoms in total. The largest absolute Gasteiger partial charge is 0.480 e. The number of unbranched alkanes of at least 4 members (excludes halogenated alkanes) is 1. The first-order valence-electron chi connectivity index (χ1n) is 6.22. The molecular weight excluding hydrogens is 220 g/mol. The molecule has 5 heteroatoms. The van der Waals surface area contributed by atoms with Crippen LogP contribution in [0.4, 0.5) is 0 Å². The zero-order chi connectivity index (χ0) is 13.4. The molecule has 100 valence electrons. The van der Waals surface area contributed by atoms with Crippen molar-refractivity contribution in [3.63, 3.8) is 0 Å². The molecule has 0 bridgehead atoms. The minimum Gasteiger partial charge on any atom is -0.480 e. The molecule has 0 aliphatic rings. The first kappa shape index (κ1) is 15.9. The van der Waals surface area contributed by atoms with Crippen LogP contribution in [0.2, 0.25) is 0 Å². The zero-order valence-corrected chi connectivity index (χ0v) is 10.9. The van der Waals surface area contributed by atoms with E-state index in [4.69, 9.17) is 10.8 Å². The standard InChI is InChI=1S/C12H24N2O3/c1-4-6-7-9(12(16)17)14-11(15)10(13)8(3)5-2/h8-10H,4-7,13H2,1-3H3,(H,14,15)(H,16,17)/t8?,9-,10-/m0/s1. The topological polar surface area (TPSA) is 92.4 Å². The third kappa shape index (κ3) is 5.68. The fourth-order valence-electron chi connectivity index (χ4n) is 1.45. The maximum atomic E-state index is 11.7. The summed E-state index contributed by atoms with van der Waals surface area (Å²) in [6.07, 6.45) is 2.92. The highest BCUT2D eigenvalue weighted by Crippen LogP contribution is 2.07. The number of rotatable bonds is 8. The molecule has 0 spiro atoms. The Kier molecular flexibility index (Phi) is 7.54. The van der Waals surface area contributed by atoms with Crippen LogP contribution in [0, 0.1) is 5.92 Å². The average Bonchev–Trinajstić information content (AvgIpc) is 2.31. The quantitative estimate of drug-likeness (QED) is 0.596. The van der Waals surface area contributed by atoms with Crippen molar-refractivity contribution in [3.8, 4) is 0 Å². The molecular formula is C12H24N2O3. The van der Waals surface area contributed by atoms with Crippen LogP contribution in [0.5, 0.6) is 0 Å². The van der Waals surface area contributed by atoms with Crippen molar-refractivity contribution in [2.45, 2.75) is 58.5 Å². The minimum atomic E-state index is -0.997. The summed E-state index contributed by atoms with van der Waals surface area (Å²) in [6, 6.07) is -1.46. The number of carbonyl (C=O) groups excluding carboxylic acids is 1. The summed E-state index contributed by atoms with van der Waals surface area (Å²) in [4.78, 5) is 22.7. The van der Waals surface area contributed by atoms with Gasteiger partial charge in [-0.25, -0.2) is 4.79 Å². The van der Waals surface area contributed by atoms with Crippen molar-refractivity contribution in [1.29, 1.82) is 0 Å². The number of carboxylic acids is 1. The number of nitrogens with two attached hydrogens (primary N) is 1. The Morgan fingerprint density at radius 2 is 1.94 bits per heavy atom. The fraction of sp³-hybridized carbons (Fsp3) is 0.833. The molecule has 0 heterocycles. The van der Waals surface area contributed by atoms with Gasteiger partial charge in [-0.3, -0.25) is 4.79 Å². The van der Waals surface area contributed by atoms with Crippen molar-refractivity contribution in [2.24, 2.45) is 11.7 Å². The Morgan fingerprint density at radius 1 is 1.35 bits per heavy atom. The second-order valence-electron chi connectivity index (χ2n) is 4.45. The number of hydrogen-bond donors (Lipinski definition) is 3. The number of amides is 1. The molecule has 0 rings (SSSR count). The maximum Gasteiger partial charge on any atom is 0.326 e. The van der Waals surface area contributed by atoms with Crippen molar-refractivity contribution in [2.75, 3.05) is 0 Å². The van der Waals surface area contributed by atoms with Gasteiger partial charge in [-0.15, -0.1) is 0 Å². The van der Waals surface area contributed by atoms with Crippen LogP contribution in [0.1, 0.15) is 46.5 Å². The van der Waals surface area contributed by atoms with Gasteiger partial charge < -0.3 is 16.2 Å². The summed E-state index contributed by atoms with van der Waals surface area (Å²) < 4.78 is 0. The third-order valence-corrected chi connectivity index (χ3v) is 3.02. The summed E-state index contributed by atoms with van der Waals surface area (Å²) in [5.41, 5.74) is 5.74. The van der Waals surface area contributed by atoms with E-state index < -0.39 is 18.1 Å². The molecule has 0 aliphatic carbocycles. The molecule has 0 aromatic carbocycles. The molecule has 1 amide bonds. The second kappa shape index (κ2) is 8.06. The average molecular weight is 244 g/mol. The summed E-state index contributed by atoms with van der Waals surface area (Å²) >= 11 is 0. The smallest absolute Gasteiger partial charge is 0.326 e. The minimum absolute atomic E-state index is 0.0515. The number of carbonyl (C=O) groups is 2. The number of nitrogens with one attached hydrogen (secondary N) is 1. The lowest BCUT2D eigenvalue weighted by atomic mass is 9.99. The first-order chi connectivity index (χ1) is 7.93. The monoisotopic (exact) mass is 244 g/mol. The molecule has 0 radical (unpaired) electrons. The van der Waals surface area contributed by atoms with Gasteiger partial charge in [0, 0.05) is 0 Å². The van der Waals surface area contributed by atoms with Gasteiger partial charge in [0.05, 0.1) is 6.04 Å². The van der Waals surface area contributed by atoms with Crippen LogP contribution in [-0.2, 0) is 9.59 Å². The molecule has 4 N–H and O–H groups in total. The highest BCUT2D eigenvalue weighted by Gasteiger charge is 2.25. The molecule has 0 fully saturated rings. The third-order valence-electron chi connectivity index (χ3n) is 3.02. The van der Waals surface area contributed by atoms with Crippen LogP contribution in [0.3, 0.4) is 0 Å². The normalized spacial score (nSPS) is 16.0. The van der Waals surface area contributed by atoms with E-state index in [9.17, 15) is 9.59 Å². The number of carboxylic acid groups (broad SMARTS) is 1. The molecule has 0 aliphatic heterocycles. The zero-order valence-electron chi connectivity index (χ0n) is 10.9. The summed E-state index contributed by atoms with van der Waals surface area (Å²) in [5.74, 6) is -1.32. The van der Waals surface area contributed by atoms with E-state index in [0.717, 1.165) is 19.3 Å². The van der Waals surface area contributed by atoms with Crippen LogP contribution in [0.25, 0.3) is 0 Å². The summed E-state index contributed by atoms with van der Waals surface area (Å²) in [7, 11) is 0.